The lowest BCUT2D eigenvalue weighted by atomic mass is 9.87. The number of amides is 1. The van der Waals surface area contributed by atoms with Crippen LogP contribution in [0.4, 0.5) is 10.2 Å². The molecule has 240 valence electrons. The van der Waals surface area contributed by atoms with Crippen LogP contribution in [0, 0.1) is 6.57 Å². The summed E-state index contributed by atoms with van der Waals surface area (Å²) in [6, 6.07) is 11.8. The Balaban J connectivity index is 1.23. The Hall–Kier alpha value is -3.78. The molecule has 11 heteroatoms. The van der Waals surface area contributed by atoms with Crippen molar-refractivity contribution < 1.29 is 18.7 Å². The van der Waals surface area contributed by atoms with Crippen LogP contribution in [0.2, 0.25) is 5.02 Å². The number of halogens is 2. The zero-order chi connectivity index (χ0) is 31.8. The van der Waals surface area contributed by atoms with Crippen LogP contribution in [0.15, 0.2) is 48.8 Å². The Morgan fingerprint density at radius 1 is 1.13 bits per heavy atom. The largest absolute Gasteiger partial charge is 0.461 e. The number of rotatable bonds is 7. The summed E-state index contributed by atoms with van der Waals surface area (Å²) in [7, 11) is 0. The number of carbonyl (C=O) groups excluding carboxylic acids is 1. The summed E-state index contributed by atoms with van der Waals surface area (Å²) in [6.45, 7) is 14.7. The summed E-state index contributed by atoms with van der Waals surface area (Å²) in [5.41, 5.74) is 2.74. The van der Waals surface area contributed by atoms with E-state index in [9.17, 15) is 9.18 Å². The third-order valence-corrected chi connectivity index (χ3v) is 10.5. The predicted molar refractivity (Wildman–Crippen MR) is 175 cm³/mol. The molecule has 7 rings (SSSR count). The first kappa shape index (κ1) is 30.9. The lowest BCUT2D eigenvalue weighted by molar-refractivity contribution is -0.131. The molecule has 3 fully saturated rings. The molecule has 3 atom stereocenters. The van der Waals surface area contributed by atoms with Gasteiger partial charge in [0.25, 0.3) is 5.91 Å². The van der Waals surface area contributed by atoms with E-state index in [0.29, 0.717) is 43.0 Å². The fourth-order valence-electron chi connectivity index (χ4n) is 7.90. The fourth-order valence-corrected chi connectivity index (χ4v) is 8.19. The van der Waals surface area contributed by atoms with Crippen LogP contribution in [-0.4, -0.2) is 83.1 Å². The summed E-state index contributed by atoms with van der Waals surface area (Å²) in [5, 5.41) is 2.70. The van der Waals surface area contributed by atoms with Crippen molar-refractivity contribution >= 4 is 34.1 Å². The molecule has 0 bridgehead atoms. The molecule has 5 heterocycles. The quantitative estimate of drug-likeness (QED) is 0.234. The molecule has 2 aromatic carbocycles. The molecule has 46 heavy (non-hydrogen) atoms. The highest BCUT2D eigenvalue weighted by Crippen LogP contribution is 2.41. The second-order valence-electron chi connectivity index (χ2n) is 12.8. The van der Waals surface area contributed by atoms with E-state index in [2.05, 4.69) is 27.3 Å². The summed E-state index contributed by atoms with van der Waals surface area (Å²) in [4.78, 5) is 32.1. The van der Waals surface area contributed by atoms with Gasteiger partial charge in [0.15, 0.2) is 5.83 Å². The molecule has 3 aromatic rings. The zero-order valence-electron chi connectivity index (χ0n) is 25.9. The Labute approximate surface area is 273 Å². The summed E-state index contributed by atoms with van der Waals surface area (Å²) in [6.07, 6.45) is 6.04. The van der Waals surface area contributed by atoms with E-state index >= 15 is 0 Å². The van der Waals surface area contributed by atoms with E-state index in [1.807, 2.05) is 30.3 Å². The van der Waals surface area contributed by atoms with Crippen LogP contribution in [0.1, 0.15) is 55.0 Å². The van der Waals surface area contributed by atoms with Crippen LogP contribution < -0.4 is 9.64 Å². The van der Waals surface area contributed by atoms with E-state index in [1.165, 1.54) is 24.2 Å². The number of carbonyl (C=O) groups is 1. The van der Waals surface area contributed by atoms with Crippen LogP contribution in [0.3, 0.4) is 0 Å². The maximum atomic E-state index is 13.9. The van der Waals surface area contributed by atoms with Gasteiger partial charge in [-0.1, -0.05) is 54.9 Å². The molecule has 9 nitrogen and oxygen atoms in total. The number of anilines is 1. The molecular formula is C35H38ClFN6O3. The zero-order valence-corrected chi connectivity index (χ0v) is 26.6. The fraction of sp³-hybridized carbons (Fsp3) is 0.486. The highest BCUT2D eigenvalue weighted by Gasteiger charge is 2.43. The molecule has 2 unspecified atom stereocenters. The number of piperazine rings is 1. The maximum absolute atomic E-state index is 13.9. The van der Waals surface area contributed by atoms with Crippen molar-refractivity contribution in [1.82, 2.24) is 19.8 Å². The van der Waals surface area contributed by atoms with Gasteiger partial charge in [-0.2, -0.15) is 9.97 Å². The molecular weight excluding hydrogens is 607 g/mol. The number of nitrogens with zero attached hydrogens (tertiary/aromatic N) is 6. The molecule has 0 saturated carbocycles. The average Bonchev–Trinajstić information content (AvgIpc) is 3.51. The Morgan fingerprint density at radius 3 is 2.76 bits per heavy atom. The first-order valence-corrected chi connectivity index (χ1v) is 16.5. The number of piperidine rings is 1. The summed E-state index contributed by atoms with van der Waals surface area (Å²) < 4.78 is 26.9. The first-order chi connectivity index (χ1) is 22.4. The number of hydrogen-bond acceptors (Lipinski definition) is 7. The molecule has 3 saturated heterocycles. The monoisotopic (exact) mass is 644 g/mol. The molecule has 0 spiro atoms. The molecule has 1 aromatic heterocycles. The van der Waals surface area contributed by atoms with E-state index in [-0.39, 0.29) is 31.3 Å². The van der Waals surface area contributed by atoms with Gasteiger partial charge in [-0.05, 0) is 55.8 Å². The van der Waals surface area contributed by atoms with Gasteiger partial charge in [0.2, 0.25) is 6.54 Å². The van der Waals surface area contributed by atoms with E-state index < -0.39 is 17.8 Å². The normalized spacial score (nSPS) is 24.7. The first-order valence-electron chi connectivity index (χ1n) is 16.2. The molecule has 0 aliphatic carbocycles. The minimum Gasteiger partial charge on any atom is -0.461 e. The van der Waals surface area contributed by atoms with Gasteiger partial charge in [0.05, 0.1) is 23.9 Å². The topological polar surface area (TPSA) is 75.4 Å². The van der Waals surface area contributed by atoms with Crippen LogP contribution in [-0.2, 0) is 22.6 Å². The van der Waals surface area contributed by atoms with Gasteiger partial charge in [0.1, 0.15) is 18.5 Å². The highest BCUT2D eigenvalue weighted by molar-refractivity contribution is 6.35. The molecule has 1 amide bonds. The smallest absolute Gasteiger partial charge is 0.318 e. The molecule has 4 aliphatic rings. The van der Waals surface area contributed by atoms with Crippen molar-refractivity contribution in [2.75, 3.05) is 50.8 Å². The standard InChI is InChI=1S/C35H38ClFN6O3/c1-23(37)33(44)43-17-16-41(20-25(43)19-38-2)32-27-21-45-30(26-10-5-8-24-9-6-11-28(36)31(24)26)18-29(27)39-34(40-32)46-22-35-12-3-4-14-42(35)15-7-13-35/h5-6,8-11,25,30H,1,3-4,7,12-22H2/t25-,30?,35?/m0/s1. The number of fused-ring (bicyclic) bond motifs is 3. The minimum absolute atomic E-state index is 0.0184. The number of benzene rings is 2. The van der Waals surface area contributed by atoms with Crippen LogP contribution in [0.5, 0.6) is 6.01 Å². The number of hydrogen-bond donors (Lipinski definition) is 0. The van der Waals surface area contributed by atoms with Crippen molar-refractivity contribution in [3.8, 4) is 6.01 Å². The van der Waals surface area contributed by atoms with Gasteiger partial charge >= 0.3 is 6.01 Å². The van der Waals surface area contributed by atoms with Gasteiger partial charge < -0.3 is 24.1 Å². The third-order valence-electron chi connectivity index (χ3n) is 10.2. The lowest BCUT2D eigenvalue weighted by Gasteiger charge is -2.42. The Morgan fingerprint density at radius 2 is 1.93 bits per heavy atom. The maximum Gasteiger partial charge on any atom is 0.318 e. The lowest BCUT2D eigenvalue weighted by Crippen LogP contribution is -2.57. The molecule has 4 aliphatic heterocycles. The number of aromatic nitrogens is 2. The Bertz CT molecular complexity index is 1710. The summed E-state index contributed by atoms with van der Waals surface area (Å²) in [5.74, 6) is -1.11. The Kier molecular flexibility index (Phi) is 8.57. The van der Waals surface area contributed by atoms with Crippen LogP contribution >= 0.6 is 11.6 Å². The summed E-state index contributed by atoms with van der Waals surface area (Å²) >= 11 is 6.70. The van der Waals surface area contributed by atoms with Crippen LogP contribution in [0.25, 0.3) is 15.6 Å². The van der Waals surface area contributed by atoms with Gasteiger partial charge in [-0.15, -0.1) is 0 Å². The molecule has 0 radical (unpaired) electrons. The van der Waals surface area contributed by atoms with E-state index in [0.717, 1.165) is 53.5 Å². The number of ether oxygens (including phenoxy) is 2. The van der Waals surface area contributed by atoms with Crippen molar-refractivity contribution in [2.24, 2.45) is 0 Å². The van der Waals surface area contributed by atoms with E-state index in [1.54, 1.807) is 0 Å². The molecule has 0 N–H and O–H groups in total. The van der Waals surface area contributed by atoms with Crippen molar-refractivity contribution in [1.29, 1.82) is 0 Å². The second-order valence-corrected chi connectivity index (χ2v) is 13.3. The van der Waals surface area contributed by atoms with Gasteiger partial charge in [-0.3, -0.25) is 9.69 Å². The predicted octanol–water partition coefficient (Wildman–Crippen LogP) is 5.91. The van der Waals surface area contributed by atoms with E-state index in [4.69, 9.17) is 37.6 Å². The minimum atomic E-state index is -1.02. The van der Waals surface area contributed by atoms with Crippen molar-refractivity contribution in [2.45, 2.75) is 62.8 Å². The van der Waals surface area contributed by atoms with Crippen molar-refractivity contribution in [3.63, 3.8) is 0 Å². The van der Waals surface area contributed by atoms with Gasteiger partial charge in [0, 0.05) is 42.0 Å². The van der Waals surface area contributed by atoms with Crippen molar-refractivity contribution in [3.05, 3.63) is 82.1 Å². The average molecular weight is 645 g/mol. The third kappa shape index (κ3) is 5.70. The second kappa shape index (κ2) is 12.8. The van der Waals surface area contributed by atoms with Gasteiger partial charge in [-0.25, -0.2) is 11.0 Å². The highest BCUT2D eigenvalue weighted by atomic mass is 35.5. The SMILES string of the molecule is [C-]#[N+]C[C@H]1CN(c2nc(OCC34CCCCN3CCC4)nc3c2COC(c2cccc4cccc(Cl)c24)C3)CCN1C(=O)C(=C)F.